The van der Waals surface area contributed by atoms with Crippen molar-refractivity contribution in [1.29, 1.82) is 0 Å². The predicted octanol–water partition coefficient (Wildman–Crippen LogP) is 3.16. The van der Waals surface area contributed by atoms with Gasteiger partial charge in [0.1, 0.15) is 0 Å². The van der Waals surface area contributed by atoms with Crippen LogP contribution in [0.25, 0.3) is 0 Å². The number of carbonyl (C=O) groups excluding carboxylic acids is 1. The van der Waals surface area contributed by atoms with E-state index in [0.717, 1.165) is 17.7 Å². The number of carbonyl (C=O) groups is 1. The van der Waals surface area contributed by atoms with Gasteiger partial charge < -0.3 is 9.74 Å². The summed E-state index contributed by atoms with van der Waals surface area (Å²) in [6.45, 7) is 10.7. The second kappa shape index (κ2) is 7.25. The molecule has 1 amide bonds. The van der Waals surface area contributed by atoms with Gasteiger partial charge in [-0.1, -0.05) is 54.9 Å². The minimum atomic E-state index is -0.0843. The van der Waals surface area contributed by atoms with E-state index in [0.29, 0.717) is 13.1 Å². The summed E-state index contributed by atoms with van der Waals surface area (Å²) in [5.74, 6) is 0.0890. The summed E-state index contributed by atoms with van der Waals surface area (Å²) < 4.78 is 0. The predicted molar refractivity (Wildman–Crippen MR) is 88.8 cm³/mol. The average Bonchev–Trinajstić information content (AvgIpc) is 2.95. The number of hydrogen-bond donors (Lipinski definition) is 0. The first kappa shape index (κ1) is 16.3. The van der Waals surface area contributed by atoms with E-state index in [9.17, 15) is 4.79 Å². The fourth-order valence-corrected chi connectivity index (χ4v) is 2.46. The summed E-state index contributed by atoms with van der Waals surface area (Å²) in [5.41, 5.74) is 3.25. The quantitative estimate of drug-likeness (QED) is 0.757. The summed E-state index contributed by atoms with van der Waals surface area (Å²) in [6, 6.07) is 8.25. The zero-order valence-corrected chi connectivity index (χ0v) is 13.6. The molecule has 0 saturated carbocycles. The lowest BCUT2D eigenvalue weighted by Crippen LogP contribution is -2.40. The molecule has 0 aliphatic carbocycles. The fraction of sp³-hybridized carbons (Fsp3) is 0.444. The third-order valence-corrected chi connectivity index (χ3v) is 3.70. The van der Waals surface area contributed by atoms with Crippen LogP contribution in [-0.4, -0.2) is 35.7 Å². The lowest BCUT2D eigenvalue weighted by Gasteiger charge is -2.25. The molecule has 0 bridgehead atoms. The first-order valence-corrected chi connectivity index (χ1v) is 7.70. The van der Waals surface area contributed by atoms with Crippen molar-refractivity contribution in [1.82, 2.24) is 4.90 Å². The zero-order chi connectivity index (χ0) is 16.1. The Bertz CT molecular complexity index is 561. The van der Waals surface area contributed by atoms with Gasteiger partial charge in [0, 0.05) is 18.9 Å². The monoisotopic (exact) mass is 300 g/mol. The molecule has 1 atom stereocenters. The Kier molecular flexibility index (Phi) is 5.36. The van der Waals surface area contributed by atoms with E-state index in [-0.39, 0.29) is 17.9 Å². The van der Waals surface area contributed by atoms with Crippen molar-refractivity contribution in [3.05, 3.63) is 48.0 Å². The fourth-order valence-electron chi connectivity index (χ4n) is 2.46. The number of nitrogens with zero attached hydrogens (tertiary/aromatic N) is 2. The molecule has 1 unspecified atom stereocenters. The van der Waals surface area contributed by atoms with Gasteiger partial charge in [-0.25, -0.2) is 0 Å². The Balaban J connectivity index is 1.97. The van der Waals surface area contributed by atoms with Gasteiger partial charge >= 0.3 is 0 Å². The van der Waals surface area contributed by atoms with Gasteiger partial charge in [0.2, 0.25) is 5.91 Å². The highest BCUT2D eigenvalue weighted by molar-refractivity contribution is 6.01. The minimum absolute atomic E-state index is 0.0289. The van der Waals surface area contributed by atoms with Crippen LogP contribution < -0.4 is 0 Å². The Hall–Kier alpha value is -2.10. The van der Waals surface area contributed by atoms with Crippen molar-refractivity contribution in [2.24, 2.45) is 11.1 Å². The second-order valence-electron chi connectivity index (χ2n) is 6.02. The molecule has 0 aromatic heterocycles. The van der Waals surface area contributed by atoms with Crippen molar-refractivity contribution in [2.45, 2.75) is 33.3 Å². The highest BCUT2D eigenvalue weighted by Crippen LogP contribution is 2.18. The maximum atomic E-state index is 12.2. The highest BCUT2D eigenvalue weighted by Gasteiger charge is 2.27. The Labute approximate surface area is 132 Å². The lowest BCUT2D eigenvalue weighted by atomic mass is 10.0. The molecule has 0 fully saturated rings. The van der Waals surface area contributed by atoms with Crippen molar-refractivity contribution in [3.63, 3.8) is 0 Å². The summed E-state index contributed by atoms with van der Waals surface area (Å²) >= 11 is 0. The molecule has 1 aromatic carbocycles. The summed E-state index contributed by atoms with van der Waals surface area (Å²) in [4.78, 5) is 19.5. The van der Waals surface area contributed by atoms with Crippen LogP contribution in [-0.2, 0) is 9.63 Å². The molecule has 0 N–H and O–H groups in total. The standard InChI is InChI=1S/C18H24N2O2/c1-5-10-20(18(21)13(2)3)12-16-11-17(19-22-16)15-8-6-14(4)7-9-15/h5-9,13,16H,1,10-12H2,2-4H3. The lowest BCUT2D eigenvalue weighted by molar-refractivity contribution is -0.135. The van der Waals surface area contributed by atoms with Gasteiger partial charge in [-0.15, -0.1) is 6.58 Å². The number of rotatable bonds is 6. The van der Waals surface area contributed by atoms with E-state index in [1.165, 1.54) is 5.56 Å². The molecule has 118 valence electrons. The van der Waals surface area contributed by atoms with Gasteiger partial charge in [-0.3, -0.25) is 4.79 Å². The van der Waals surface area contributed by atoms with Crippen molar-refractivity contribution in [3.8, 4) is 0 Å². The van der Waals surface area contributed by atoms with Crippen LogP contribution >= 0.6 is 0 Å². The first-order valence-electron chi connectivity index (χ1n) is 7.70. The number of oxime groups is 1. The van der Waals surface area contributed by atoms with E-state index in [2.05, 4.69) is 42.9 Å². The molecule has 4 nitrogen and oxygen atoms in total. The Morgan fingerprint density at radius 3 is 2.73 bits per heavy atom. The molecule has 1 aromatic rings. The highest BCUT2D eigenvalue weighted by atomic mass is 16.6. The topological polar surface area (TPSA) is 41.9 Å². The van der Waals surface area contributed by atoms with E-state index >= 15 is 0 Å². The molecule has 0 spiro atoms. The van der Waals surface area contributed by atoms with Crippen LogP contribution in [0, 0.1) is 12.8 Å². The van der Waals surface area contributed by atoms with Crippen LogP contribution in [0.15, 0.2) is 42.1 Å². The maximum Gasteiger partial charge on any atom is 0.225 e. The van der Waals surface area contributed by atoms with E-state index in [1.807, 2.05) is 13.8 Å². The number of amides is 1. The van der Waals surface area contributed by atoms with Crippen LogP contribution in [0.5, 0.6) is 0 Å². The molecule has 4 heteroatoms. The molecule has 22 heavy (non-hydrogen) atoms. The molecule has 0 radical (unpaired) electrons. The summed E-state index contributed by atoms with van der Waals surface area (Å²) in [6.07, 6.45) is 2.39. The molecule has 2 rings (SSSR count). The zero-order valence-electron chi connectivity index (χ0n) is 13.6. The summed E-state index contributed by atoms with van der Waals surface area (Å²) in [7, 11) is 0. The van der Waals surface area contributed by atoms with Gasteiger partial charge in [0.15, 0.2) is 6.10 Å². The molecular weight excluding hydrogens is 276 g/mol. The molecule has 0 saturated heterocycles. The number of benzene rings is 1. The summed E-state index contributed by atoms with van der Waals surface area (Å²) in [5, 5.41) is 4.19. The molecule has 1 heterocycles. The number of hydrogen-bond acceptors (Lipinski definition) is 3. The maximum absolute atomic E-state index is 12.2. The SMILES string of the molecule is C=CCN(CC1CC(c2ccc(C)cc2)=NO1)C(=O)C(C)C. The minimum Gasteiger partial charge on any atom is -0.390 e. The molecule has 1 aliphatic heterocycles. The van der Waals surface area contributed by atoms with E-state index < -0.39 is 0 Å². The number of aryl methyl sites for hydroxylation is 1. The first-order chi connectivity index (χ1) is 10.5. The average molecular weight is 300 g/mol. The normalized spacial score (nSPS) is 17.1. The second-order valence-corrected chi connectivity index (χ2v) is 6.02. The molecule has 1 aliphatic rings. The van der Waals surface area contributed by atoms with Crippen molar-refractivity contribution < 1.29 is 9.63 Å². The molecular formula is C18H24N2O2. The van der Waals surface area contributed by atoms with Crippen molar-refractivity contribution >= 4 is 11.6 Å². The van der Waals surface area contributed by atoms with Gasteiger partial charge in [0.25, 0.3) is 0 Å². The van der Waals surface area contributed by atoms with E-state index in [1.54, 1.807) is 11.0 Å². The van der Waals surface area contributed by atoms with Gasteiger partial charge in [-0.05, 0) is 12.5 Å². The Morgan fingerprint density at radius 2 is 2.14 bits per heavy atom. The van der Waals surface area contributed by atoms with Gasteiger partial charge in [0.05, 0.1) is 12.3 Å². The van der Waals surface area contributed by atoms with Gasteiger partial charge in [-0.2, -0.15) is 0 Å². The van der Waals surface area contributed by atoms with E-state index in [4.69, 9.17) is 4.84 Å². The van der Waals surface area contributed by atoms with Crippen LogP contribution in [0.2, 0.25) is 0 Å². The largest absolute Gasteiger partial charge is 0.390 e. The van der Waals surface area contributed by atoms with Crippen molar-refractivity contribution in [2.75, 3.05) is 13.1 Å². The van der Waals surface area contributed by atoms with Crippen LogP contribution in [0.3, 0.4) is 0 Å². The van der Waals surface area contributed by atoms with Crippen LogP contribution in [0.1, 0.15) is 31.4 Å². The Morgan fingerprint density at radius 1 is 1.45 bits per heavy atom. The third-order valence-electron chi connectivity index (χ3n) is 3.70. The third kappa shape index (κ3) is 3.97. The van der Waals surface area contributed by atoms with Crippen LogP contribution in [0.4, 0.5) is 0 Å². The smallest absolute Gasteiger partial charge is 0.225 e.